The SMILES string of the molecule is CN1CCN(c2ncc(C(F)(F)F)cn2)CC1.[B]C([B])(OCCC=O)C(C)n1nc(C(F)(F)F)c2c(=O)[nH]ncc21. The van der Waals surface area contributed by atoms with E-state index in [-0.39, 0.29) is 18.5 Å². The van der Waals surface area contributed by atoms with Gasteiger partial charge in [0.2, 0.25) is 5.95 Å². The van der Waals surface area contributed by atoms with Crippen LogP contribution >= 0.6 is 0 Å². The van der Waals surface area contributed by atoms with E-state index in [1.807, 2.05) is 17.0 Å². The molecule has 0 amide bonds. The number of fused-ring (bicyclic) bond motifs is 1. The van der Waals surface area contributed by atoms with Crippen molar-refractivity contribution in [2.45, 2.75) is 37.1 Å². The lowest BCUT2D eigenvalue weighted by Gasteiger charge is -2.33. The number of piperazine rings is 1. The number of carbonyl (C=O) groups excluding carboxylic acids is 1. The molecule has 0 aromatic carbocycles. The molecule has 0 aliphatic carbocycles. The molecule has 1 N–H and O–H groups in total. The number of hydrogen-bond acceptors (Lipinski definition) is 9. The van der Waals surface area contributed by atoms with Gasteiger partial charge in [0.1, 0.15) is 27.4 Å². The van der Waals surface area contributed by atoms with Crippen molar-refractivity contribution in [2.75, 3.05) is 44.7 Å². The van der Waals surface area contributed by atoms with E-state index in [1.165, 1.54) is 6.92 Å². The molecule has 1 aliphatic heterocycles. The fourth-order valence-electron chi connectivity index (χ4n) is 3.73. The van der Waals surface area contributed by atoms with Gasteiger partial charge in [0.05, 0.1) is 29.9 Å². The van der Waals surface area contributed by atoms with Crippen molar-refractivity contribution in [2.24, 2.45) is 0 Å². The number of aromatic nitrogens is 6. The standard InChI is InChI=1S/C12H11B2F3N4O3.C10H13F3N4/c1-6(11(13,14)24-4-2-3-22)21-7-5-18-19-10(23)8(7)9(20-21)12(15,16)17;1-16-2-4-17(5-3-16)9-14-6-8(7-15-9)10(11,12)13/h3,5-6H,2,4H2,1H3,(H,19,23);6-7H,2-5H2,1H3. The lowest BCUT2D eigenvalue weighted by atomic mass is 9.61. The maximum Gasteiger partial charge on any atom is 0.435 e. The molecule has 0 bridgehead atoms. The van der Waals surface area contributed by atoms with Crippen LogP contribution in [0.3, 0.4) is 0 Å². The number of hydrogen-bond donors (Lipinski definition) is 1. The minimum atomic E-state index is -4.86. The third-order valence-corrected chi connectivity index (χ3v) is 6.16. The smallest absolute Gasteiger partial charge is 0.392 e. The Morgan fingerprint density at radius 1 is 1.05 bits per heavy atom. The Hall–Kier alpha value is -3.47. The number of alkyl halides is 6. The van der Waals surface area contributed by atoms with Gasteiger partial charge in [0.25, 0.3) is 5.56 Å². The summed E-state index contributed by atoms with van der Waals surface area (Å²) < 4.78 is 82.3. The fourth-order valence-corrected chi connectivity index (χ4v) is 3.73. The molecule has 1 fully saturated rings. The normalized spacial score (nSPS) is 15.9. The highest BCUT2D eigenvalue weighted by atomic mass is 19.4. The first-order chi connectivity index (χ1) is 19.1. The minimum absolute atomic E-state index is 0.0117. The molecular weight excluding hydrogens is 560 g/mol. The van der Waals surface area contributed by atoms with Crippen LogP contribution in [0.25, 0.3) is 10.9 Å². The van der Waals surface area contributed by atoms with Crippen molar-refractivity contribution >= 4 is 38.8 Å². The highest BCUT2D eigenvalue weighted by Crippen LogP contribution is 2.34. The first kappa shape index (κ1) is 32.0. The quantitative estimate of drug-likeness (QED) is 0.191. The van der Waals surface area contributed by atoms with E-state index in [2.05, 4.69) is 25.1 Å². The van der Waals surface area contributed by atoms with E-state index in [0.29, 0.717) is 12.2 Å². The van der Waals surface area contributed by atoms with Gasteiger partial charge in [-0.3, -0.25) is 9.48 Å². The van der Waals surface area contributed by atoms with Gasteiger partial charge in [-0.05, 0) is 14.0 Å². The van der Waals surface area contributed by atoms with E-state index >= 15 is 0 Å². The van der Waals surface area contributed by atoms with Crippen LogP contribution in [0.2, 0.25) is 0 Å². The van der Waals surface area contributed by atoms with Gasteiger partial charge >= 0.3 is 12.4 Å². The van der Waals surface area contributed by atoms with Crippen LogP contribution in [0.5, 0.6) is 0 Å². The summed E-state index contributed by atoms with van der Waals surface area (Å²) in [7, 11) is 13.5. The molecule has 1 saturated heterocycles. The number of H-pyrrole nitrogens is 1. The Labute approximate surface area is 232 Å². The molecule has 0 saturated carbocycles. The number of likely N-dealkylation sites (N-methyl/N-ethyl adjacent to an activating group) is 1. The zero-order valence-electron chi connectivity index (χ0n) is 21.9. The Kier molecular flexibility index (Phi) is 9.84. The van der Waals surface area contributed by atoms with Crippen LogP contribution in [0.1, 0.15) is 30.6 Å². The summed E-state index contributed by atoms with van der Waals surface area (Å²) in [4.78, 5) is 33.6. The number of ether oxygens (including phenoxy) is 1. The molecule has 1 atom stereocenters. The highest BCUT2D eigenvalue weighted by molar-refractivity contribution is 6.39. The molecule has 1 unspecified atom stereocenters. The van der Waals surface area contributed by atoms with Gasteiger partial charge in [-0.15, -0.1) is 0 Å². The molecule has 3 aromatic rings. The highest BCUT2D eigenvalue weighted by Gasteiger charge is 2.40. The second kappa shape index (κ2) is 12.6. The van der Waals surface area contributed by atoms with Crippen molar-refractivity contribution in [3.05, 3.63) is 40.2 Å². The summed E-state index contributed by atoms with van der Waals surface area (Å²) in [6.07, 6.45) is -5.96. The lowest BCUT2D eigenvalue weighted by molar-refractivity contribution is -0.140. The van der Waals surface area contributed by atoms with Crippen LogP contribution in [-0.2, 0) is 21.9 Å². The summed E-state index contributed by atoms with van der Waals surface area (Å²) >= 11 is 0. The Balaban J connectivity index is 0.000000239. The van der Waals surface area contributed by atoms with Crippen LogP contribution in [0, 0.1) is 0 Å². The van der Waals surface area contributed by atoms with E-state index in [1.54, 1.807) is 0 Å². The number of anilines is 1. The number of carbonyl (C=O) groups is 1. The molecule has 3 aromatic heterocycles. The average molecular weight is 584 g/mol. The van der Waals surface area contributed by atoms with Gasteiger partial charge in [-0.25, -0.2) is 15.1 Å². The van der Waals surface area contributed by atoms with Gasteiger partial charge in [-0.2, -0.15) is 36.5 Å². The number of nitrogens with zero attached hydrogens (tertiary/aromatic N) is 7. The predicted octanol–water partition coefficient (Wildman–Crippen LogP) is 1.54. The zero-order valence-corrected chi connectivity index (χ0v) is 21.9. The first-order valence-electron chi connectivity index (χ1n) is 12.1. The van der Waals surface area contributed by atoms with Crippen molar-refractivity contribution in [1.29, 1.82) is 0 Å². The summed E-state index contributed by atoms with van der Waals surface area (Å²) in [5, 5.41) is 6.24. The molecule has 1 aliphatic rings. The summed E-state index contributed by atoms with van der Waals surface area (Å²) in [5.74, 6) is 0.367. The number of halogens is 6. The Bertz CT molecular complexity index is 1370. The van der Waals surface area contributed by atoms with E-state index < -0.39 is 46.0 Å². The molecular formula is C22H24B2F6N8O3. The maximum absolute atomic E-state index is 13.1. The maximum atomic E-state index is 13.1. The topological polar surface area (TPSA) is 122 Å². The first-order valence-corrected chi connectivity index (χ1v) is 12.1. The number of aromatic amines is 1. The van der Waals surface area contributed by atoms with Gasteiger partial charge in [-0.1, -0.05) is 0 Å². The average Bonchev–Trinajstić information content (AvgIpc) is 3.30. The Morgan fingerprint density at radius 3 is 2.20 bits per heavy atom. The minimum Gasteiger partial charge on any atom is -0.392 e. The second-order valence-corrected chi connectivity index (χ2v) is 9.14. The summed E-state index contributed by atoms with van der Waals surface area (Å²) in [6, 6.07) is -1.09. The summed E-state index contributed by atoms with van der Waals surface area (Å²) in [5.41, 5.74) is -3.43. The van der Waals surface area contributed by atoms with E-state index in [0.717, 1.165) is 49.5 Å². The van der Waals surface area contributed by atoms with Crippen LogP contribution in [-0.4, -0.2) is 102 Å². The zero-order chi connectivity index (χ0) is 30.6. The van der Waals surface area contributed by atoms with E-state index in [9.17, 15) is 35.9 Å². The van der Waals surface area contributed by atoms with Gasteiger partial charge < -0.3 is 19.3 Å². The third-order valence-electron chi connectivity index (χ3n) is 6.16. The van der Waals surface area contributed by atoms with Gasteiger partial charge in [0.15, 0.2) is 5.69 Å². The molecule has 4 radical (unpaired) electrons. The molecule has 11 nitrogen and oxygen atoms in total. The van der Waals surface area contributed by atoms with Crippen LogP contribution in [0.15, 0.2) is 23.4 Å². The molecule has 4 rings (SSSR count). The third kappa shape index (κ3) is 7.84. The second-order valence-electron chi connectivity index (χ2n) is 9.14. The van der Waals surface area contributed by atoms with Crippen molar-refractivity contribution < 1.29 is 35.9 Å². The van der Waals surface area contributed by atoms with Crippen LogP contribution < -0.4 is 10.5 Å². The fraction of sp³-hybridized carbons (Fsp3) is 0.545. The van der Waals surface area contributed by atoms with Crippen molar-refractivity contribution in [3.8, 4) is 0 Å². The monoisotopic (exact) mass is 584 g/mol. The number of aldehydes is 1. The van der Waals surface area contributed by atoms with Crippen molar-refractivity contribution in [1.82, 2.24) is 34.8 Å². The Morgan fingerprint density at radius 2 is 1.66 bits per heavy atom. The number of nitrogens with one attached hydrogen (secondary N) is 1. The molecule has 19 heteroatoms. The largest absolute Gasteiger partial charge is 0.435 e. The van der Waals surface area contributed by atoms with Gasteiger partial charge in [0, 0.05) is 50.4 Å². The number of rotatable bonds is 7. The van der Waals surface area contributed by atoms with Crippen molar-refractivity contribution in [3.63, 3.8) is 0 Å². The molecule has 41 heavy (non-hydrogen) atoms. The predicted molar refractivity (Wildman–Crippen MR) is 135 cm³/mol. The molecule has 218 valence electrons. The van der Waals surface area contributed by atoms with E-state index in [4.69, 9.17) is 20.4 Å². The lowest BCUT2D eigenvalue weighted by Crippen LogP contribution is -2.45. The molecule has 4 heterocycles. The summed E-state index contributed by atoms with van der Waals surface area (Å²) in [6.45, 7) is 4.46. The van der Waals surface area contributed by atoms with Crippen LogP contribution in [0.4, 0.5) is 32.3 Å². The molecule has 0 spiro atoms.